The normalized spacial score (nSPS) is 22.0. The maximum Gasteiger partial charge on any atom is 0.339 e. The van der Waals surface area contributed by atoms with E-state index in [0.717, 1.165) is 18.4 Å². The fourth-order valence-electron chi connectivity index (χ4n) is 4.04. The first-order valence-corrected chi connectivity index (χ1v) is 11.3. The maximum absolute atomic E-state index is 12.8. The van der Waals surface area contributed by atoms with Gasteiger partial charge in [0.05, 0.1) is 15.7 Å². The van der Waals surface area contributed by atoms with Gasteiger partial charge in [0.2, 0.25) is 0 Å². The lowest BCUT2D eigenvalue weighted by molar-refractivity contribution is -0.134. The first kappa shape index (κ1) is 19.6. The van der Waals surface area contributed by atoms with Crippen molar-refractivity contribution in [3.05, 3.63) is 59.7 Å². The van der Waals surface area contributed by atoms with Gasteiger partial charge in [-0.2, -0.15) is 0 Å². The summed E-state index contributed by atoms with van der Waals surface area (Å²) in [6.45, 7) is 1.58. The lowest BCUT2D eigenvalue weighted by atomic mass is 9.89. The Labute approximate surface area is 170 Å². The third kappa shape index (κ3) is 3.67. The number of cyclic esters (lactones) is 1. The predicted octanol–water partition coefficient (Wildman–Crippen LogP) is 3.51. The highest BCUT2D eigenvalue weighted by Gasteiger charge is 2.42. The largest absolute Gasteiger partial charge is 0.445 e. The van der Waals surface area contributed by atoms with Crippen LogP contribution in [0.1, 0.15) is 48.5 Å². The number of amides is 1. The van der Waals surface area contributed by atoms with E-state index >= 15 is 0 Å². The Morgan fingerprint density at radius 2 is 1.72 bits per heavy atom. The van der Waals surface area contributed by atoms with Crippen LogP contribution in [-0.2, 0) is 25.8 Å². The molecular formula is C22H23NO5S. The Morgan fingerprint density at radius 3 is 2.41 bits per heavy atom. The molecule has 152 valence electrons. The number of esters is 1. The minimum atomic E-state index is -3.34. The van der Waals surface area contributed by atoms with Gasteiger partial charge in [-0.3, -0.25) is 4.79 Å². The highest BCUT2D eigenvalue weighted by molar-refractivity contribution is 7.92. The standard InChI is InChI=1S/C22H23NO5S/c1-22(14-15-6-2-5-9-19(15)20(24)28-22)21(25)23-16-10-12-18(13-11-16)29(26,27)17-7-3-4-8-17/h2,5-6,9-13,17H,3-4,7-8,14H2,1H3,(H,23,25). The summed E-state index contributed by atoms with van der Waals surface area (Å²) in [4.78, 5) is 25.4. The molecule has 1 atom stereocenters. The molecule has 1 N–H and O–H groups in total. The highest BCUT2D eigenvalue weighted by atomic mass is 32.2. The van der Waals surface area contributed by atoms with Crippen molar-refractivity contribution in [2.24, 2.45) is 0 Å². The Balaban J connectivity index is 1.50. The summed E-state index contributed by atoms with van der Waals surface area (Å²) >= 11 is 0. The monoisotopic (exact) mass is 413 g/mol. The first-order chi connectivity index (χ1) is 13.8. The van der Waals surface area contributed by atoms with Crippen molar-refractivity contribution < 1.29 is 22.7 Å². The van der Waals surface area contributed by atoms with Crippen LogP contribution in [-0.4, -0.2) is 31.1 Å². The molecule has 7 heteroatoms. The van der Waals surface area contributed by atoms with Gasteiger partial charge in [0.25, 0.3) is 5.91 Å². The summed E-state index contributed by atoms with van der Waals surface area (Å²) in [6.07, 6.45) is 3.56. The lowest BCUT2D eigenvalue weighted by Crippen LogP contribution is -2.48. The molecular weight excluding hydrogens is 390 g/mol. The molecule has 0 spiro atoms. The molecule has 1 amide bonds. The van der Waals surface area contributed by atoms with E-state index in [1.807, 2.05) is 12.1 Å². The fourth-order valence-corrected chi connectivity index (χ4v) is 5.90. The van der Waals surface area contributed by atoms with E-state index in [4.69, 9.17) is 4.74 Å². The SMILES string of the molecule is CC1(C(=O)Nc2ccc(S(=O)(=O)C3CCCC3)cc2)Cc2ccccc2C(=O)O1. The average Bonchev–Trinajstić information content (AvgIpc) is 3.24. The van der Waals surface area contributed by atoms with Crippen molar-refractivity contribution in [2.75, 3.05) is 5.32 Å². The van der Waals surface area contributed by atoms with Crippen molar-refractivity contribution >= 4 is 27.4 Å². The highest BCUT2D eigenvalue weighted by Crippen LogP contribution is 2.31. The summed E-state index contributed by atoms with van der Waals surface area (Å²) in [6, 6.07) is 13.2. The Bertz CT molecular complexity index is 1050. The molecule has 6 nitrogen and oxygen atoms in total. The van der Waals surface area contributed by atoms with Crippen LogP contribution in [0.3, 0.4) is 0 Å². The number of ether oxygens (including phenoxy) is 1. The van der Waals surface area contributed by atoms with Crippen molar-refractivity contribution in [1.82, 2.24) is 0 Å². The average molecular weight is 413 g/mol. The molecule has 2 aromatic rings. The quantitative estimate of drug-likeness (QED) is 0.775. The Kier molecular flexibility index (Phi) is 4.94. The van der Waals surface area contributed by atoms with Crippen LogP contribution in [0.4, 0.5) is 5.69 Å². The molecule has 0 saturated heterocycles. The number of nitrogens with one attached hydrogen (secondary N) is 1. The van der Waals surface area contributed by atoms with E-state index in [0.29, 0.717) is 24.1 Å². The van der Waals surface area contributed by atoms with Crippen LogP contribution in [0.15, 0.2) is 53.4 Å². The molecule has 1 aliphatic carbocycles. The van der Waals surface area contributed by atoms with Crippen LogP contribution in [0.25, 0.3) is 0 Å². The Morgan fingerprint density at radius 1 is 1.07 bits per heavy atom. The molecule has 1 aliphatic heterocycles. The number of hydrogen-bond donors (Lipinski definition) is 1. The molecule has 0 aromatic heterocycles. The zero-order valence-electron chi connectivity index (χ0n) is 16.2. The van der Waals surface area contributed by atoms with E-state index < -0.39 is 27.3 Å². The molecule has 29 heavy (non-hydrogen) atoms. The van der Waals surface area contributed by atoms with Gasteiger partial charge in [-0.15, -0.1) is 0 Å². The summed E-state index contributed by atoms with van der Waals surface area (Å²) in [5.74, 6) is -0.978. The van der Waals surface area contributed by atoms with Crippen molar-refractivity contribution in [3.8, 4) is 0 Å². The molecule has 4 rings (SSSR count). The second kappa shape index (κ2) is 7.30. The van der Waals surface area contributed by atoms with Crippen LogP contribution < -0.4 is 5.32 Å². The molecule has 0 bridgehead atoms. The number of carbonyl (C=O) groups is 2. The van der Waals surface area contributed by atoms with Crippen molar-refractivity contribution in [2.45, 2.75) is 54.8 Å². The van der Waals surface area contributed by atoms with Gasteiger partial charge in [0.1, 0.15) is 0 Å². The van der Waals surface area contributed by atoms with Crippen LogP contribution in [0.5, 0.6) is 0 Å². The number of sulfone groups is 1. The second-order valence-electron chi connectivity index (χ2n) is 7.88. The molecule has 2 aromatic carbocycles. The van der Waals surface area contributed by atoms with E-state index in [9.17, 15) is 18.0 Å². The first-order valence-electron chi connectivity index (χ1n) is 9.76. The third-order valence-electron chi connectivity index (χ3n) is 5.75. The number of fused-ring (bicyclic) bond motifs is 1. The van der Waals surface area contributed by atoms with E-state index in [-0.39, 0.29) is 16.6 Å². The van der Waals surface area contributed by atoms with Gasteiger partial charge in [0, 0.05) is 12.1 Å². The van der Waals surface area contributed by atoms with E-state index in [2.05, 4.69) is 5.32 Å². The summed E-state index contributed by atoms with van der Waals surface area (Å²) in [7, 11) is -3.34. The minimum Gasteiger partial charge on any atom is -0.445 e. The molecule has 1 fully saturated rings. The third-order valence-corrected chi connectivity index (χ3v) is 8.02. The van der Waals surface area contributed by atoms with Gasteiger partial charge < -0.3 is 10.1 Å². The smallest absolute Gasteiger partial charge is 0.339 e. The Hall–Kier alpha value is -2.67. The number of rotatable bonds is 4. The summed E-state index contributed by atoms with van der Waals surface area (Å²) < 4.78 is 30.8. The van der Waals surface area contributed by atoms with Gasteiger partial charge in [-0.05, 0) is 55.7 Å². The number of carbonyl (C=O) groups excluding carboxylic acids is 2. The van der Waals surface area contributed by atoms with E-state index in [1.54, 1.807) is 31.2 Å². The zero-order chi connectivity index (χ0) is 20.6. The lowest BCUT2D eigenvalue weighted by Gasteiger charge is -2.33. The van der Waals surface area contributed by atoms with Crippen LogP contribution >= 0.6 is 0 Å². The molecule has 1 heterocycles. The number of hydrogen-bond acceptors (Lipinski definition) is 5. The molecule has 1 saturated carbocycles. The molecule has 2 aliphatic rings. The van der Waals surface area contributed by atoms with E-state index in [1.165, 1.54) is 12.1 Å². The zero-order valence-corrected chi connectivity index (χ0v) is 17.0. The predicted molar refractivity (Wildman–Crippen MR) is 108 cm³/mol. The van der Waals surface area contributed by atoms with Crippen molar-refractivity contribution in [3.63, 3.8) is 0 Å². The topological polar surface area (TPSA) is 89.5 Å². The number of benzene rings is 2. The minimum absolute atomic E-state index is 0.270. The maximum atomic E-state index is 12.8. The molecule has 0 radical (unpaired) electrons. The van der Waals surface area contributed by atoms with Crippen LogP contribution in [0, 0.1) is 0 Å². The van der Waals surface area contributed by atoms with Gasteiger partial charge in [-0.1, -0.05) is 31.0 Å². The number of anilines is 1. The molecule has 1 unspecified atom stereocenters. The second-order valence-corrected chi connectivity index (χ2v) is 10.1. The fraction of sp³-hybridized carbons (Fsp3) is 0.364. The summed E-state index contributed by atoms with van der Waals surface area (Å²) in [5.41, 5.74) is 0.357. The van der Waals surface area contributed by atoms with Crippen LogP contribution in [0.2, 0.25) is 0 Å². The van der Waals surface area contributed by atoms with Gasteiger partial charge >= 0.3 is 5.97 Å². The van der Waals surface area contributed by atoms with Gasteiger partial charge in [-0.25, -0.2) is 13.2 Å². The summed E-state index contributed by atoms with van der Waals surface area (Å²) in [5, 5.41) is 2.42. The van der Waals surface area contributed by atoms with Crippen molar-refractivity contribution in [1.29, 1.82) is 0 Å². The van der Waals surface area contributed by atoms with Gasteiger partial charge in [0.15, 0.2) is 15.4 Å².